The van der Waals surface area contributed by atoms with Gasteiger partial charge in [-0.3, -0.25) is 4.79 Å². The summed E-state index contributed by atoms with van der Waals surface area (Å²) in [4.78, 5) is 11.8. The Morgan fingerprint density at radius 2 is 2.11 bits per heavy atom. The van der Waals surface area contributed by atoms with Crippen molar-refractivity contribution in [2.75, 3.05) is 11.9 Å². The summed E-state index contributed by atoms with van der Waals surface area (Å²) in [6, 6.07) is 11.6. The Hall–Kier alpha value is -1.34. The third-order valence-electron chi connectivity index (χ3n) is 2.78. The van der Waals surface area contributed by atoms with Crippen LogP contribution in [0.2, 0.25) is 0 Å². The normalized spacial score (nSPS) is 12.1. The SMILES string of the molecule is C[C@@H]([NH2+]CC(=O)Nc1ccc(I)cc1)c1ccco1. The van der Waals surface area contributed by atoms with Gasteiger partial charge in [-0.15, -0.1) is 0 Å². The number of rotatable bonds is 5. The van der Waals surface area contributed by atoms with Crippen LogP contribution in [0.5, 0.6) is 0 Å². The molecule has 2 aromatic rings. The Balaban J connectivity index is 1.80. The van der Waals surface area contributed by atoms with Gasteiger partial charge in [0.2, 0.25) is 0 Å². The standard InChI is InChI=1S/C14H15IN2O2/c1-10(13-3-2-8-19-13)16-9-14(18)17-12-6-4-11(15)5-7-12/h2-8,10,16H,9H2,1H3,(H,17,18)/p+1/t10-/m1/s1. The summed E-state index contributed by atoms with van der Waals surface area (Å²) < 4.78 is 6.44. The van der Waals surface area contributed by atoms with Crippen molar-refractivity contribution in [3.63, 3.8) is 0 Å². The first kappa shape index (κ1) is 14.1. The van der Waals surface area contributed by atoms with E-state index in [1.54, 1.807) is 6.26 Å². The lowest BCUT2D eigenvalue weighted by Crippen LogP contribution is -2.86. The molecule has 1 atom stereocenters. The maximum absolute atomic E-state index is 11.8. The highest BCUT2D eigenvalue weighted by Crippen LogP contribution is 2.11. The molecular formula is C14H16IN2O2+. The van der Waals surface area contributed by atoms with Gasteiger partial charge in [0.1, 0.15) is 6.04 Å². The molecule has 1 aromatic heterocycles. The summed E-state index contributed by atoms with van der Waals surface area (Å²) >= 11 is 2.23. The molecule has 0 saturated carbocycles. The van der Waals surface area contributed by atoms with Gasteiger partial charge in [-0.1, -0.05) is 0 Å². The molecule has 1 aromatic carbocycles. The van der Waals surface area contributed by atoms with Crippen molar-refractivity contribution >= 4 is 34.2 Å². The number of halogens is 1. The molecule has 0 saturated heterocycles. The molecule has 3 N–H and O–H groups in total. The molecule has 0 aliphatic carbocycles. The predicted molar refractivity (Wildman–Crippen MR) is 81.7 cm³/mol. The van der Waals surface area contributed by atoms with Crippen molar-refractivity contribution in [3.05, 3.63) is 52.0 Å². The maximum Gasteiger partial charge on any atom is 0.279 e. The minimum atomic E-state index is -0.0142. The molecule has 0 fully saturated rings. The Labute approximate surface area is 125 Å². The van der Waals surface area contributed by atoms with Gasteiger partial charge in [-0.05, 0) is 65.9 Å². The number of amides is 1. The van der Waals surface area contributed by atoms with Crippen LogP contribution in [-0.4, -0.2) is 12.5 Å². The largest absolute Gasteiger partial charge is 0.463 e. The lowest BCUT2D eigenvalue weighted by Gasteiger charge is -2.08. The number of carbonyl (C=O) groups is 1. The number of nitrogens with one attached hydrogen (secondary N) is 1. The second-order valence-corrected chi connectivity index (χ2v) is 5.54. The van der Waals surface area contributed by atoms with Gasteiger partial charge in [0.25, 0.3) is 5.91 Å². The van der Waals surface area contributed by atoms with E-state index in [4.69, 9.17) is 4.42 Å². The summed E-state index contributed by atoms with van der Waals surface area (Å²) in [5, 5.41) is 4.81. The van der Waals surface area contributed by atoms with Gasteiger partial charge in [0.15, 0.2) is 12.3 Å². The maximum atomic E-state index is 11.8. The summed E-state index contributed by atoms with van der Waals surface area (Å²) in [5.41, 5.74) is 0.824. The number of quaternary nitrogens is 1. The van der Waals surface area contributed by atoms with Crippen LogP contribution in [-0.2, 0) is 4.79 Å². The number of anilines is 1. The molecule has 0 aliphatic rings. The van der Waals surface area contributed by atoms with Gasteiger partial charge in [0, 0.05) is 9.26 Å². The first-order valence-corrected chi connectivity index (χ1v) is 7.15. The molecule has 0 spiro atoms. The van der Waals surface area contributed by atoms with E-state index in [1.807, 2.05) is 48.6 Å². The first-order valence-electron chi connectivity index (χ1n) is 6.07. The van der Waals surface area contributed by atoms with Crippen molar-refractivity contribution in [2.24, 2.45) is 0 Å². The van der Waals surface area contributed by atoms with E-state index in [1.165, 1.54) is 0 Å². The highest BCUT2D eigenvalue weighted by atomic mass is 127. The average molecular weight is 371 g/mol. The molecule has 1 heterocycles. The summed E-state index contributed by atoms with van der Waals surface area (Å²) in [6.45, 7) is 2.38. The van der Waals surface area contributed by atoms with E-state index < -0.39 is 0 Å². The zero-order chi connectivity index (χ0) is 13.7. The highest BCUT2D eigenvalue weighted by Gasteiger charge is 2.13. The number of hydrogen-bond donors (Lipinski definition) is 2. The zero-order valence-corrected chi connectivity index (χ0v) is 12.8. The fourth-order valence-corrected chi connectivity index (χ4v) is 2.06. The molecule has 19 heavy (non-hydrogen) atoms. The first-order chi connectivity index (χ1) is 9.15. The molecule has 0 radical (unpaired) electrons. The van der Waals surface area contributed by atoms with Crippen LogP contribution < -0.4 is 10.6 Å². The molecule has 4 nitrogen and oxygen atoms in total. The van der Waals surface area contributed by atoms with Crippen molar-refractivity contribution < 1.29 is 14.5 Å². The molecule has 0 aliphatic heterocycles. The number of hydrogen-bond acceptors (Lipinski definition) is 2. The molecular weight excluding hydrogens is 355 g/mol. The van der Waals surface area contributed by atoms with Crippen molar-refractivity contribution in [3.8, 4) is 0 Å². The summed E-state index contributed by atoms with van der Waals surface area (Å²) in [6.07, 6.45) is 1.64. The van der Waals surface area contributed by atoms with E-state index in [2.05, 4.69) is 27.9 Å². The monoisotopic (exact) mass is 371 g/mol. The topological polar surface area (TPSA) is 58.9 Å². The second kappa shape index (κ2) is 6.72. The smallest absolute Gasteiger partial charge is 0.279 e. The summed E-state index contributed by atoms with van der Waals surface area (Å²) in [5.74, 6) is 0.863. The lowest BCUT2D eigenvalue weighted by molar-refractivity contribution is -0.684. The molecule has 0 bridgehead atoms. The highest BCUT2D eigenvalue weighted by molar-refractivity contribution is 14.1. The van der Waals surface area contributed by atoms with Crippen LogP contribution in [0.1, 0.15) is 18.7 Å². The van der Waals surface area contributed by atoms with E-state index in [0.29, 0.717) is 6.54 Å². The molecule has 0 unspecified atom stereocenters. The van der Waals surface area contributed by atoms with Crippen LogP contribution in [0.4, 0.5) is 5.69 Å². The molecule has 5 heteroatoms. The number of benzene rings is 1. The van der Waals surface area contributed by atoms with Gasteiger partial charge in [-0.25, -0.2) is 0 Å². The van der Waals surface area contributed by atoms with Crippen molar-refractivity contribution in [2.45, 2.75) is 13.0 Å². The van der Waals surface area contributed by atoms with E-state index in [9.17, 15) is 4.79 Å². The quantitative estimate of drug-likeness (QED) is 0.792. The van der Waals surface area contributed by atoms with E-state index in [-0.39, 0.29) is 11.9 Å². The Morgan fingerprint density at radius 1 is 1.37 bits per heavy atom. The fourth-order valence-electron chi connectivity index (χ4n) is 1.70. The average Bonchev–Trinajstić information content (AvgIpc) is 2.93. The van der Waals surface area contributed by atoms with Crippen LogP contribution in [0.25, 0.3) is 0 Å². The minimum absolute atomic E-state index is 0.0142. The van der Waals surface area contributed by atoms with Crippen molar-refractivity contribution in [1.29, 1.82) is 0 Å². The van der Waals surface area contributed by atoms with Crippen LogP contribution in [0.3, 0.4) is 0 Å². The zero-order valence-electron chi connectivity index (χ0n) is 10.6. The molecule has 100 valence electrons. The van der Waals surface area contributed by atoms with Gasteiger partial charge >= 0.3 is 0 Å². The fraction of sp³-hybridized carbons (Fsp3) is 0.214. The Morgan fingerprint density at radius 3 is 2.74 bits per heavy atom. The Kier molecular flexibility index (Phi) is 4.98. The molecule has 2 rings (SSSR count). The number of nitrogens with two attached hydrogens (primary N) is 1. The molecule has 1 amide bonds. The minimum Gasteiger partial charge on any atom is -0.463 e. The van der Waals surface area contributed by atoms with Gasteiger partial charge in [0.05, 0.1) is 6.26 Å². The summed E-state index contributed by atoms with van der Waals surface area (Å²) in [7, 11) is 0. The van der Waals surface area contributed by atoms with Crippen LogP contribution >= 0.6 is 22.6 Å². The number of carbonyl (C=O) groups excluding carboxylic acids is 1. The van der Waals surface area contributed by atoms with Crippen LogP contribution in [0.15, 0.2) is 47.1 Å². The number of furan rings is 1. The van der Waals surface area contributed by atoms with Crippen LogP contribution in [0, 0.1) is 3.57 Å². The third kappa shape index (κ3) is 4.36. The van der Waals surface area contributed by atoms with E-state index >= 15 is 0 Å². The third-order valence-corrected chi connectivity index (χ3v) is 3.50. The second-order valence-electron chi connectivity index (χ2n) is 4.30. The van der Waals surface area contributed by atoms with E-state index in [0.717, 1.165) is 15.0 Å². The van der Waals surface area contributed by atoms with Gasteiger partial charge < -0.3 is 15.1 Å². The lowest BCUT2D eigenvalue weighted by atomic mass is 10.2. The Bertz CT molecular complexity index is 523. The predicted octanol–water partition coefficient (Wildman–Crippen LogP) is 2.15. The van der Waals surface area contributed by atoms with Gasteiger partial charge in [-0.2, -0.15) is 0 Å². The van der Waals surface area contributed by atoms with Crippen molar-refractivity contribution in [1.82, 2.24) is 0 Å².